The van der Waals surface area contributed by atoms with Crippen molar-refractivity contribution in [2.45, 2.75) is 23.6 Å². The van der Waals surface area contributed by atoms with Crippen LogP contribution in [0.5, 0.6) is 0 Å². The van der Waals surface area contributed by atoms with E-state index in [0.29, 0.717) is 16.2 Å². The molecule has 0 unspecified atom stereocenters. The number of nitrogens with one attached hydrogen (secondary N) is 3. The number of anilines is 2. The predicted molar refractivity (Wildman–Crippen MR) is 89.5 cm³/mol. The molecule has 0 spiro atoms. The van der Waals surface area contributed by atoms with Crippen molar-refractivity contribution in [1.29, 1.82) is 0 Å². The molecule has 24 heavy (non-hydrogen) atoms. The van der Waals surface area contributed by atoms with E-state index in [1.807, 2.05) is 0 Å². The Hall–Kier alpha value is -2.95. The molecule has 0 aromatic carbocycles. The van der Waals surface area contributed by atoms with Crippen LogP contribution in [0.15, 0.2) is 28.4 Å². The van der Waals surface area contributed by atoms with E-state index in [0.717, 1.165) is 0 Å². The second kappa shape index (κ2) is 5.92. The third-order valence-electron chi connectivity index (χ3n) is 3.07. The Bertz CT molecular complexity index is 964. The van der Waals surface area contributed by atoms with Crippen LogP contribution in [-0.4, -0.2) is 40.6 Å². The van der Waals surface area contributed by atoms with Crippen molar-refractivity contribution in [1.82, 2.24) is 29.9 Å². The number of nitrogens with zero attached hydrogens (tertiary/aromatic N) is 4. The number of amides is 1. The number of nitrogens with two attached hydrogens (primary N) is 1. The minimum Gasteiger partial charge on any atom is -0.368 e. The maximum Gasteiger partial charge on any atom is 0.252 e. The summed E-state index contributed by atoms with van der Waals surface area (Å²) in [6, 6.07) is 1.26. The minimum atomic E-state index is -0.923. The number of hydrogen-bond donors (Lipinski definition) is 4. The van der Waals surface area contributed by atoms with Gasteiger partial charge in [0.25, 0.3) is 5.56 Å². The van der Waals surface area contributed by atoms with E-state index in [-0.39, 0.29) is 23.4 Å². The summed E-state index contributed by atoms with van der Waals surface area (Å²) in [7, 11) is 0. The molecule has 1 amide bonds. The first-order valence-corrected chi connectivity index (χ1v) is 7.69. The summed E-state index contributed by atoms with van der Waals surface area (Å²) in [6.07, 6.45) is 2.79. The van der Waals surface area contributed by atoms with Gasteiger partial charge in [-0.25, -0.2) is 15.0 Å². The zero-order valence-corrected chi connectivity index (χ0v) is 13.6. The molecule has 0 aliphatic heterocycles. The van der Waals surface area contributed by atoms with Gasteiger partial charge in [-0.05, 0) is 13.8 Å². The largest absolute Gasteiger partial charge is 0.368 e. The van der Waals surface area contributed by atoms with E-state index >= 15 is 0 Å². The van der Waals surface area contributed by atoms with Crippen molar-refractivity contribution >= 4 is 40.7 Å². The van der Waals surface area contributed by atoms with Crippen LogP contribution >= 0.6 is 11.8 Å². The lowest BCUT2D eigenvalue weighted by Crippen LogP contribution is -2.35. The Morgan fingerprint density at radius 3 is 2.88 bits per heavy atom. The molecule has 11 heteroatoms. The molecule has 0 aliphatic carbocycles. The number of nitrogen functional groups attached to an aromatic ring is 1. The molecule has 0 saturated carbocycles. The quantitative estimate of drug-likeness (QED) is 0.394. The van der Waals surface area contributed by atoms with Gasteiger partial charge in [0.1, 0.15) is 10.5 Å². The third kappa shape index (κ3) is 3.20. The minimum absolute atomic E-state index is 0.0716. The van der Waals surface area contributed by atoms with E-state index in [1.165, 1.54) is 30.4 Å². The summed E-state index contributed by atoms with van der Waals surface area (Å²) in [5.74, 6) is -0.205. The Labute approximate surface area is 139 Å². The number of H-pyrrole nitrogens is 2. The fraction of sp³-hybridized carbons (Fsp3) is 0.231. The van der Waals surface area contributed by atoms with Gasteiger partial charge >= 0.3 is 0 Å². The molecule has 3 rings (SSSR count). The topological polar surface area (TPSA) is 155 Å². The molecule has 0 fully saturated rings. The molecule has 3 aromatic heterocycles. The summed E-state index contributed by atoms with van der Waals surface area (Å²) >= 11 is 1.19. The van der Waals surface area contributed by atoms with Gasteiger partial charge in [0, 0.05) is 12.3 Å². The maximum absolute atomic E-state index is 12.5. The van der Waals surface area contributed by atoms with Gasteiger partial charge in [-0.2, -0.15) is 4.98 Å². The monoisotopic (exact) mass is 346 g/mol. The van der Waals surface area contributed by atoms with Crippen molar-refractivity contribution in [2.75, 3.05) is 11.1 Å². The SMILES string of the molecule is CC(C)(Sc1nc(N)nc2nc[nH]c12)C(=O)Nc1nccc(=O)[nH]1. The molecule has 124 valence electrons. The Balaban J connectivity index is 1.85. The zero-order valence-electron chi connectivity index (χ0n) is 12.8. The molecule has 0 bridgehead atoms. The van der Waals surface area contributed by atoms with Gasteiger partial charge in [-0.1, -0.05) is 11.8 Å². The summed E-state index contributed by atoms with van der Waals surface area (Å²) < 4.78 is -0.923. The van der Waals surface area contributed by atoms with Crippen LogP contribution in [0.2, 0.25) is 0 Å². The molecule has 3 heterocycles. The molecular weight excluding hydrogens is 332 g/mol. The standard InChI is InChI=1S/C13H14N8O2S/c1-13(2,10(23)21-12-15-4-3-6(22)18-12)24-9-7-8(17-5-16-7)19-11(14)20-9/h3-5H,1-2H3,(H3,14,16,17,19,20)(H2,15,18,21,22,23). The van der Waals surface area contributed by atoms with Crippen LogP contribution in [0.4, 0.5) is 11.9 Å². The Morgan fingerprint density at radius 2 is 2.12 bits per heavy atom. The second-order valence-electron chi connectivity index (χ2n) is 5.34. The van der Waals surface area contributed by atoms with Gasteiger partial charge in [-0.15, -0.1) is 0 Å². The van der Waals surface area contributed by atoms with Gasteiger partial charge < -0.3 is 10.7 Å². The number of aromatic nitrogens is 6. The summed E-state index contributed by atoms with van der Waals surface area (Å²) in [5, 5.41) is 3.08. The van der Waals surface area contributed by atoms with Crippen LogP contribution in [0.1, 0.15) is 13.8 Å². The highest BCUT2D eigenvalue weighted by atomic mass is 32.2. The van der Waals surface area contributed by atoms with E-state index in [2.05, 4.69) is 35.2 Å². The lowest BCUT2D eigenvalue weighted by Gasteiger charge is -2.22. The lowest BCUT2D eigenvalue weighted by molar-refractivity contribution is -0.117. The summed E-state index contributed by atoms with van der Waals surface area (Å²) in [4.78, 5) is 45.3. The molecule has 0 aliphatic rings. The van der Waals surface area contributed by atoms with Crippen LogP contribution in [-0.2, 0) is 4.79 Å². The molecule has 0 radical (unpaired) electrons. The molecule has 10 nitrogen and oxygen atoms in total. The van der Waals surface area contributed by atoms with Crippen molar-refractivity contribution in [3.63, 3.8) is 0 Å². The number of imidazole rings is 1. The van der Waals surface area contributed by atoms with Gasteiger partial charge in [0.05, 0.1) is 11.1 Å². The molecular formula is C13H14N8O2S. The summed E-state index contributed by atoms with van der Waals surface area (Å²) in [6.45, 7) is 3.43. The lowest BCUT2D eigenvalue weighted by atomic mass is 10.2. The van der Waals surface area contributed by atoms with E-state index in [9.17, 15) is 9.59 Å². The second-order valence-corrected chi connectivity index (χ2v) is 6.95. The highest BCUT2D eigenvalue weighted by molar-refractivity contribution is 8.01. The first kappa shape index (κ1) is 15.9. The number of carbonyl (C=O) groups excluding carboxylic acids is 1. The maximum atomic E-state index is 12.5. The van der Waals surface area contributed by atoms with Gasteiger partial charge in [0.15, 0.2) is 5.65 Å². The zero-order chi connectivity index (χ0) is 17.3. The van der Waals surface area contributed by atoms with E-state index < -0.39 is 4.75 Å². The number of thioether (sulfide) groups is 1. The first-order valence-electron chi connectivity index (χ1n) is 6.87. The number of rotatable bonds is 4. The molecule has 5 N–H and O–H groups in total. The summed E-state index contributed by atoms with van der Waals surface area (Å²) in [5.41, 5.74) is 6.35. The highest BCUT2D eigenvalue weighted by Gasteiger charge is 2.31. The van der Waals surface area contributed by atoms with Gasteiger partial charge in [-0.3, -0.25) is 19.9 Å². The fourth-order valence-corrected chi connectivity index (χ4v) is 2.89. The van der Waals surface area contributed by atoms with Crippen LogP contribution in [0, 0.1) is 0 Å². The van der Waals surface area contributed by atoms with Crippen molar-refractivity contribution in [3.05, 3.63) is 28.9 Å². The third-order valence-corrected chi connectivity index (χ3v) is 4.26. The Morgan fingerprint density at radius 1 is 1.33 bits per heavy atom. The van der Waals surface area contributed by atoms with Crippen LogP contribution in [0.25, 0.3) is 11.2 Å². The first-order chi connectivity index (χ1) is 11.3. The molecule has 3 aromatic rings. The molecule has 0 saturated heterocycles. The predicted octanol–water partition coefficient (Wildman–Crippen LogP) is 0.528. The normalized spacial score (nSPS) is 11.6. The van der Waals surface area contributed by atoms with Crippen LogP contribution < -0.4 is 16.6 Å². The van der Waals surface area contributed by atoms with Crippen molar-refractivity contribution in [3.8, 4) is 0 Å². The van der Waals surface area contributed by atoms with Crippen molar-refractivity contribution < 1.29 is 4.79 Å². The number of aromatic amines is 2. The average Bonchev–Trinajstić information content (AvgIpc) is 2.95. The number of fused-ring (bicyclic) bond motifs is 1. The number of hydrogen-bond acceptors (Lipinski definition) is 8. The number of carbonyl (C=O) groups is 1. The van der Waals surface area contributed by atoms with E-state index in [4.69, 9.17) is 5.73 Å². The van der Waals surface area contributed by atoms with Gasteiger partial charge in [0.2, 0.25) is 17.8 Å². The van der Waals surface area contributed by atoms with Crippen LogP contribution in [0.3, 0.4) is 0 Å². The Kier molecular flexibility index (Phi) is 3.93. The fourth-order valence-electron chi connectivity index (χ4n) is 1.88. The molecule has 0 atom stereocenters. The average molecular weight is 346 g/mol. The smallest absolute Gasteiger partial charge is 0.252 e. The van der Waals surface area contributed by atoms with Crippen molar-refractivity contribution in [2.24, 2.45) is 0 Å². The highest BCUT2D eigenvalue weighted by Crippen LogP contribution is 2.35. The van der Waals surface area contributed by atoms with E-state index in [1.54, 1.807) is 13.8 Å².